The lowest BCUT2D eigenvalue weighted by Crippen LogP contribution is -2.23. The maximum absolute atomic E-state index is 12.8. The van der Waals surface area contributed by atoms with Crippen molar-refractivity contribution in [2.75, 3.05) is 24.8 Å². The van der Waals surface area contributed by atoms with Crippen LogP contribution in [0.3, 0.4) is 0 Å². The normalized spacial score (nSPS) is 18.0. The first-order valence-electron chi connectivity index (χ1n) is 10.0. The van der Waals surface area contributed by atoms with Crippen molar-refractivity contribution >= 4 is 28.8 Å². The van der Waals surface area contributed by atoms with Crippen molar-refractivity contribution < 1.29 is 9.53 Å². The third kappa shape index (κ3) is 3.68. The van der Waals surface area contributed by atoms with Crippen LogP contribution in [0, 0.1) is 5.92 Å². The highest BCUT2D eigenvalue weighted by Gasteiger charge is 2.39. The van der Waals surface area contributed by atoms with Gasteiger partial charge in [0.25, 0.3) is 5.56 Å². The summed E-state index contributed by atoms with van der Waals surface area (Å²) in [6.45, 7) is 3.90. The summed E-state index contributed by atoms with van der Waals surface area (Å²) in [6, 6.07) is 5.33. The van der Waals surface area contributed by atoms with E-state index in [1.165, 1.54) is 0 Å². The van der Waals surface area contributed by atoms with Crippen molar-refractivity contribution in [1.82, 2.24) is 19.2 Å². The SMILES string of the molecule is CNc1cc(Nc2cccn(C(C)C)c2=O)nc2c(C(=O)C[C@@H]3C[C@H]3OC)cnn12. The number of rotatable bonds is 8. The van der Waals surface area contributed by atoms with Crippen LogP contribution in [0.1, 0.15) is 43.1 Å². The lowest BCUT2D eigenvalue weighted by atomic mass is 10.1. The first-order chi connectivity index (χ1) is 14.4. The van der Waals surface area contributed by atoms with Crippen LogP contribution in [0.25, 0.3) is 5.65 Å². The maximum Gasteiger partial charge on any atom is 0.274 e. The summed E-state index contributed by atoms with van der Waals surface area (Å²) in [5.41, 5.74) is 1.19. The lowest BCUT2D eigenvalue weighted by Gasteiger charge is -2.13. The fraction of sp³-hybridized carbons (Fsp3) is 0.429. The number of hydrogen-bond acceptors (Lipinski definition) is 7. The van der Waals surface area contributed by atoms with Crippen LogP contribution < -0.4 is 16.2 Å². The van der Waals surface area contributed by atoms with Crippen LogP contribution in [-0.4, -0.2) is 45.2 Å². The van der Waals surface area contributed by atoms with E-state index in [1.807, 2.05) is 19.9 Å². The van der Waals surface area contributed by atoms with Crippen molar-refractivity contribution in [2.24, 2.45) is 5.92 Å². The molecule has 3 aromatic heterocycles. The molecule has 0 spiro atoms. The van der Waals surface area contributed by atoms with Gasteiger partial charge in [-0.3, -0.25) is 9.59 Å². The minimum absolute atomic E-state index is 0.0110. The minimum Gasteiger partial charge on any atom is -0.381 e. The zero-order chi connectivity index (χ0) is 21.4. The molecular formula is C21H26N6O3. The van der Waals surface area contributed by atoms with Crippen LogP contribution in [0.5, 0.6) is 0 Å². The predicted octanol–water partition coefficient (Wildman–Crippen LogP) is 2.86. The Labute approximate surface area is 174 Å². The molecule has 2 N–H and O–H groups in total. The van der Waals surface area contributed by atoms with E-state index < -0.39 is 0 Å². The fourth-order valence-electron chi connectivity index (χ4n) is 3.62. The number of nitrogens with one attached hydrogen (secondary N) is 2. The molecule has 1 aliphatic carbocycles. The van der Waals surface area contributed by atoms with Gasteiger partial charge in [0, 0.05) is 38.9 Å². The Bertz CT molecular complexity index is 1150. The molecule has 0 unspecified atom stereocenters. The quantitative estimate of drug-likeness (QED) is 0.551. The number of ketones is 1. The summed E-state index contributed by atoms with van der Waals surface area (Å²) in [5.74, 6) is 1.36. The second-order valence-electron chi connectivity index (χ2n) is 7.82. The Kier molecular flexibility index (Phi) is 5.29. The van der Waals surface area contributed by atoms with Crippen LogP contribution in [-0.2, 0) is 4.74 Å². The molecule has 0 saturated heterocycles. The predicted molar refractivity (Wildman–Crippen MR) is 115 cm³/mol. The van der Waals surface area contributed by atoms with Crippen molar-refractivity contribution in [1.29, 1.82) is 0 Å². The number of pyridine rings is 1. The van der Waals surface area contributed by atoms with Crippen LogP contribution in [0.4, 0.5) is 17.3 Å². The molecule has 0 aromatic carbocycles. The summed E-state index contributed by atoms with van der Waals surface area (Å²) < 4.78 is 8.54. The number of Topliss-reactive ketones (excluding diaryl/α,β-unsaturated/α-hetero) is 1. The molecule has 0 aliphatic heterocycles. The van der Waals surface area contributed by atoms with Crippen LogP contribution in [0.15, 0.2) is 35.4 Å². The highest BCUT2D eigenvalue weighted by molar-refractivity contribution is 6.02. The van der Waals surface area contributed by atoms with Crippen molar-refractivity contribution in [2.45, 2.75) is 38.8 Å². The van der Waals surface area contributed by atoms with Gasteiger partial charge >= 0.3 is 0 Å². The van der Waals surface area contributed by atoms with Gasteiger partial charge in [-0.2, -0.15) is 9.61 Å². The topological polar surface area (TPSA) is 103 Å². The van der Waals surface area contributed by atoms with E-state index in [-0.39, 0.29) is 29.4 Å². The number of carbonyl (C=O) groups is 1. The smallest absolute Gasteiger partial charge is 0.274 e. The summed E-state index contributed by atoms with van der Waals surface area (Å²) in [6.07, 6.45) is 4.78. The van der Waals surface area contributed by atoms with Crippen molar-refractivity contribution in [3.63, 3.8) is 0 Å². The van der Waals surface area contributed by atoms with E-state index in [4.69, 9.17) is 4.74 Å². The molecule has 30 heavy (non-hydrogen) atoms. The van der Waals surface area contributed by atoms with Gasteiger partial charge in [0.05, 0.1) is 17.9 Å². The Balaban J connectivity index is 1.69. The average molecular weight is 410 g/mol. The number of hydrogen-bond donors (Lipinski definition) is 2. The molecular weight excluding hydrogens is 384 g/mol. The molecule has 3 heterocycles. The van der Waals surface area contributed by atoms with Gasteiger partial charge in [0.2, 0.25) is 0 Å². The molecule has 0 radical (unpaired) electrons. The molecule has 4 rings (SSSR count). The molecule has 2 atom stereocenters. The summed E-state index contributed by atoms with van der Waals surface area (Å²) >= 11 is 0. The Morgan fingerprint density at radius 2 is 2.20 bits per heavy atom. The molecule has 9 nitrogen and oxygen atoms in total. The zero-order valence-corrected chi connectivity index (χ0v) is 17.5. The third-order valence-corrected chi connectivity index (χ3v) is 5.43. The number of aromatic nitrogens is 4. The van der Waals surface area contributed by atoms with E-state index in [0.29, 0.717) is 35.0 Å². The van der Waals surface area contributed by atoms with Gasteiger partial charge in [-0.15, -0.1) is 0 Å². The van der Waals surface area contributed by atoms with Crippen LogP contribution in [0.2, 0.25) is 0 Å². The van der Waals surface area contributed by atoms with E-state index in [1.54, 1.807) is 47.8 Å². The number of methoxy groups -OCH3 is 1. The molecule has 1 aliphatic rings. The van der Waals surface area contributed by atoms with Gasteiger partial charge < -0.3 is 19.9 Å². The van der Waals surface area contributed by atoms with E-state index in [0.717, 1.165) is 6.42 Å². The first kappa shape index (κ1) is 20.1. The van der Waals surface area contributed by atoms with Gasteiger partial charge in [0.1, 0.15) is 17.3 Å². The standard InChI is InChI=1S/C21H26N6O3/c1-12(2)26-7-5-6-15(21(26)29)24-18-10-19(22-3)27-20(25-18)14(11-23-27)16(28)8-13-9-17(13)30-4/h5-7,10-13,17,22H,8-9H2,1-4H3,(H,24,25)/t13-,17-/m1/s1. The fourth-order valence-corrected chi connectivity index (χ4v) is 3.62. The maximum atomic E-state index is 12.8. The summed E-state index contributed by atoms with van der Waals surface area (Å²) in [7, 11) is 3.43. The van der Waals surface area contributed by atoms with E-state index in [9.17, 15) is 9.59 Å². The number of fused-ring (bicyclic) bond motifs is 1. The zero-order valence-electron chi connectivity index (χ0n) is 17.5. The second-order valence-corrected chi connectivity index (χ2v) is 7.82. The summed E-state index contributed by atoms with van der Waals surface area (Å²) in [5, 5.41) is 10.5. The lowest BCUT2D eigenvalue weighted by molar-refractivity contribution is 0.0960. The van der Waals surface area contributed by atoms with E-state index >= 15 is 0 Å². The molecule has 1 saturated carbocycles. The van der Waals surface area contributed by atoms with Crippen LogP contribution >= 0.6 is 0 Å². The third-order valence-electron chi connectivity index (χ3n) is 5.43. The van der Waals surface area contributed by atoms with Gasteiger partial charge in [-0.25, -0.2) is 4.98 Å². The molecule has 0 amide bonds. The van der Waals surface area contributed by atoms with Crippen molar-refractivity contribution in [3.05, 3.63) is 46.5 Å². The largest absolute Gasteiger partial charge is 0.381 e. The van der Waals surface area contributed by atoms with Crippen molar-refractivity contribution in [3.8, 4) is 0 Å². The van der Waals surface area contributed by atoms with Gasteiger partial charge in [-0.1, -0.05) is 0 Å². The minimum atomic E-state index is -0.135. The van der Waals surface area contributed by atoms with Gasteiger partial charge in [-0.05, 0) is 38.3 Å². The molecule has 1 fully saturated rings. The highest BCUT2D eigenvalue weighted by Crippen LogP contribution is 2.37. The molecule has 9 heteroatoms. The molecule has 0 bridgehead atoms. The number of nitrogens with zero attached hydrogens (tertiary/aromatic N) is 4. The average Bonchev–Trinajstić information content (AvgIpc) is 3.34. The number of anilines is 3. The Morgan fingerprint density at radius 3 is 2.87 bits per heavy atom. The molecule has 3 aromatic rings. The van der Waals surface area contributed by atoms with E-state index in [2.05, 4.69) is 20.7 Å². The second kappa shape index (κ2) is 7.91. The monoisotopic (exact) mass is 410 g/mol. The van der Waals surface area contributed by atoms with Gasteiger partial charge in [0.15, 0.2) is 11.4 Å². The highest BCUT2D eigenvalue weighted by atomic mass is 16.5. The first-order valence-corrected chi connectivity index (χ1v) is 10.0. The summed E-state index contributed by atoms with van der Waals surface area (Å²) in [4.78, 5) is 30.1. The number of ether oxygens (including phenoxy) is 1. The Morgan fingerprint density at radius 1 is 1.40 bits per heavy atom. The Hall–Kier alpha value is -3.20. The molecule has 158 valence electrons. The number of carbonyl (C=O) groups excluding carboxylic acids is 1.